The van der Waals surface area contributed by atoms with Crippen LogP contribution >= 0.6 is 23.2 Å². The Hall–Kier alpha value is -0.710. The van der Waals surface area contributed by atoms with Gasteiger partial charge < -0.3 is 15.0 Å². The van der Waals surface area contributed by atoms with Gasteiger partial charge in [-0.25, -0.2) is 4.98 Å². The van der Waals surface area contributed by atoms with E-state index in [4.69, 9.17) is 27.9 Å². The second-order valence-corrected chi connectivity index (χ2v) is 5.85. The summed E-state index contributed by atoms with van der Waals surface area (Å²) in [6, 6.07) is 1.77. The van der Waals surface area contributed by atoms with Crippen molar-refractivity contribution in [2.24, 2.45) is 5.92 Å². The second-order valence-electron chi connectivity index (χ2n) is 5.04. The Morgan fingerprint density at radius 3 is 2.65 bits per heavy atom. The van der Waals surface area contributed by atoms with Crippen molar-refractivity contribution in [3.63, 3.8) is 0 Å². The molecule has 0 saturated carbocycles. The zero-order chi connectivity index (χ0) is 14.5. The molecule has 1 aliphatic heterocycles. The monoisotopic (exact) mass is 317 g/mol. The fourth-order valence-corrected chi connectivity index (χ4v) is 3.06. The van der Waals surface area contributed by atoms with Crippen LogP contribution in [0.15, 0.2) is 6.07 Å². The number of ether oxygens (including phenoxy) is 1. The number of pyridine rings is 1. The molecule has 1 aromatic rings. The van der Waals surface area contributed by atoms with Crippen molar-refractivity contribution in [2.75, 3.05) is 43.6 Å². The maximum atomic E-state index is 6.29. The number of nitrogens with zero attached hydrogens (tertiary/aromatic N) is 2. The molecule has 0 atom stereocenters. The first-order chi connectivity index (χ1) is 9.65. The maximum Gasteiger partial charge on any atom is 0.149 e. The molecular formula is C14H21Cl2N3O. The van der Waals surface area contributed by atoms with E-state index in [-0.39, 0.29) is 0 Å². The smallest absolute Gasteiger partial charge is 0.149 e. The normalized spacial score (nSPS) is 16.5. The number of anilines is 2. The molecule has 20 heavy (non-hydrogen) atoms. The molecule has 0 aliphatic carbocycles. The minimum atomic E-state index is 0.565. The topological polar surface area (TPSA) is 37.4 Å². The highest BCUT2D eigenvalue weighted by Gasteiger charge is 2.22. The van der Waals surface area contributed by atoms with Crippen LogP contribution in [0.3, 0.4) is 0 Å². The van der Waals surface area contributed by atoms with Crippen LogP contribution in [0, 0.1) is 5.92 Å². The average molecular weight is 318 g/mol. The number of nitrogens with one attached hydrogen (secondary N) is 1. The van der Waals surface area contributed by atoms with Crippen molar-refractivity contribution in [3.05, 3.63) is 16.1 Å². The average Bonchev–Trinajstić information content (AvgIpc) is 2.43. The van der Waals surface area contributed by atoms with E-state index in [0.717, 1.165) is 44.9 Å². The van der Waals surface area contributed by atoms with Crippen LogP contribution < -0.4 is 10.2 Å². The molecule has 4 nitrogen and oxygen atoms in total. The van der Waals surface area contributed by atoms with Crippen LogP contribution in [0.25, 0.3) is 0 Å². The molecule has 1 fully saturated rings. The SMILES string of the molecule is CCNc1nc(N2CCC(COC)CC2)c(Cl)cc1Cl. The van der Waals surface area contributed by atoms with Gasteiger partial charge in [0.1, 0.15) is 11.6 Å². The Bertz CT molecular complexity index is 448. The van der Waals surface area contributed by atoms with Gasteiger partial charge in [-0.3, -0.25) is 0 Å². The maximum absolute atomic E-state index is 6.29. The first kappa shape index (κ1) is 15.7. The Kier molecular flexibility index (Phi) is 5.75. The lowest BCUT2D eigenvalue weighted by Crippen LogP contribution is -2.35. The molecule has 0 bridgehead atoms. The van der Waals surface area contributed by atoms with Crippen molar-refractivity contribution in [1.82, 2.24) is 4.98 Å². The molecule has 1 aromatic heterocycles. The Morgan fingerprint density at radius 1 is 1.35 bits per heavy atom. The molecule has 0 spiro atoms. The molecular weight excluding hydrogens is 297 g/mol. The third kappa shape index (κ3) is 3.68. The fraction of sp³-hybridized carbons (Fsp3) is 0.643. The zero-order valence-electron chi connectivity index (χ0n) is 12.0. The van der Waals surface area contributed by atoms with Crippen LogP contribution in [0.5, 0.6) is 0 Å². The van der Waals surface area contributed by atoms with Gasteiger partial charge >= 0.3 is 0 Å². The van der Waals surface area contributed by atoms with E-state index in [9.17, 15) is 0 Å². The molecule has 6 heteroatoms. The van der Waals surface area contributed by atoms with Crippen molar-refractivity contribution >= 4 is 34.8 Å². The molecule has 0 radical (unpaired) electrons. The van der Waals surface area contributed by atoms with E-state index >= 15 is 0 Å². The standard InChI is InChI=1S/C14H21Cl2N3O/c1-3-17-13-11(15)8-12(16)14(18-13)19-6-4-10(5-7-19)9-20-2/h8,10H,3-7,9H2,1-2H3,(H,17,18). The van der Waals surface area contributed by atoms with Gasteiger partial charge in [0.15, 0.2) is 0 Å². The molecule has 0 unspecified atom stereocenters. The number of methoxy groups -OCH3 is 1. The van der Waals surface area contributed by atoms with Crippen LogP contribution in [0.4, 0.5) is 11.6 Å². The van der Waals surface area contributed by atoms with Gasteiger partial charge in [0.2, 0.25) is 0 Å². The molecule has 1 saturated heterocycles. The molecule has 2 heterocycles. The third-order valence-electron chi connectivity index (χ3n) is 3.57. The second kappa shape index (κ2) is 7.34. The van der Waals surface area contributed by atoms with Gasteiger partial charge in [-0.05, 0) is 31.7 Å². The number of rotatable bonds is 5. The molecule has 1 aliphatic rings. The number of hydrogen-bond acceptors (Lipinski definition) is 4. The first-order valence-corrected chi connectivity index (χ1v) is 7.75. The van der Waals surface area contributed by atoms with Gasteiger partial charge in [0.25, 0.3) is 0 Å². The minimum absolute atomic E-state index is 0.565. The van der Waals surface area contributed by atoms with E-state index in [1.54, 1.807) is 13.2 Å². The summed E-state index contributed by atoms with van der Waals surface area (Å²) in [4.78, 5) is 6.80. The first-order valence-electron chi connectivity index (χ1n) is 6.99. The summed E-state index contributed by atoms with van der Waals surface area (Å²) in [5.41, 5.74) is 0. The van der Waals surface area contributed by atoms with Crippen LogP contribution in [0.1, 0.15) is 19.8 Å². The number of piperidine rings is 1. The summed E-state index contributed by atoms with van der Waals surface area (Å²) in [5.74, 6) is 2.16. The molecule has 2 rings (SSSR count). The molecule has 112 valence electrons. The fourth-order valence-electron chi connectivity index (χ4n) is 2.52. The highest BCUT2D eigenvalue weighted by Crippen LogP contribution is 2.33. The van der Waals surface area contributed by atoms with E-state index in [2.05, 4.69) is 15.2 Å². The lowest BCUT2D eigenvalue weighted by molar-refractivity contribution is 0.139. The lowest BCUT2D eigenvalue weighted by atomic mass is 9.98. The van der Waals surface area contributed by atoms with E-state index < -0.39 is 0 Å². The van der Waals surface area contributed by atoms with E-state index in [1.165, 1.54) is 0 Å². The molecule has 0 aromatic carbocycles. The summed E-state index contributed by atoms with van der Waals surface area (Å²) < 4.78 is 5.23. The van der Waals surface area contributed by atoms with E-state index in [1.807, 2.05) is 6.92 Å². The summed E-state index contributed by atoms with van der Waals surface area (Å²) in [5, 5.41) is 4.34. The number of hydrogen-bond donors (Lipinski definition) is 1. The van der Waals surface area contributed by atoms with Crippen molar-refractivity contribution in [2.45, 2.75) is 19.8 Å². The van der Waals surface area contributed by atoms with Gasteiger partial charge in [-0.1, -0.05) is 23.2 Å². The third-order valence-corrected chi connectivity index (χ3v) is 4.14. The van der Waals surface area contributed by atoms with Gasteiger partial charge in [-0.15, -0.1) is 0 Å². The predicted octanol–water partition coefficient (Wildman–Crippen LogP) is 3.68. The number of aromatic nitrogens is 1. The lowest BCUT2D eigenvalue weighted by Gasteiger charge is -2.33. The van der Waals surface area contributed by atoms with E-state index in [0.29, 0.717) is 21.8 Å². The van der Waals surface area contributed by atoms with Crippen molar-refractivity contribution < 1.29 is 4.74 Å². The summed E-state index contributed by atoms with van der Waals surface area (Å²) in [6.45, 7) is 5.53. The molecule has 0 amide bonds. The minimum Gasteiger partial charge on any atom is -0.384 e. The van der Waals surface area contributed by atoms with Crippen molar-refractivity contribution in [1.29, 1.82) is 0 Å². The van der Waals surface area contributed by atoms with Crippen LogP contribution in [0.2, 0.25) is 10.0 Å². The van der Waals surface area contributed by atoms with Crippen molar-refractivity contribution in [3.8, 4) is 0 Å². The predicted molar refractivity (Wildman–Crippen MR) is 85.2 cm³/mol. The zero-order valence-corrected chi connectivity index (χ0v) is 13.5. The molecule has 1 N–H and O–H groups in total. The summed E-state index contributed by atoms with van der Waals surface area (Å²) in [6.07, 6.45) is 2.20. The Morgan fingerprint density at radius 2 is 2.05 bits per heavy atom. The van der Waals surface area contributed by atoms with Crippen LogP contribution in [-0.2, 0) is 4.74 Å². The number of halogens is 2. The largest absolute Gasteiger partial charge is 0.384 e. The van der Waals surface area contributed by atoms with Gasteiger partial charge in [-0.2, -0.15) is 0 Å². The highest BCUT2D eigenvalue weighted by molar-refractivity contribution is 6.37. The van der Waals surface area contributed by atoms with Crippen LogP contribution in [-0.4, -0.2) is 38.3 Å². The Balaban J connectivity index is 2.11. The quantitative estimate of drug-likeness (QED) is 0.898. The summed E-state index contributed by atoms with van der Waals surface area (Å²) >= 11 is 12.4. The Labute approximate surface area is 130 Å². The summed E-state index contributed by atoms with van der Waals surface area (Å²) in [7, 11) is 1.76. The van der Waals surface area contributed by atoms with Gasteiger partial charge in [0, 0.05) is 33.4 Å². The highest BCUT2D eigenvalue weighted by atomic mass is 35.5. The van der Waals surface area contributed by atoms with Gasteiger partial charge in [0.05, 0.1) is 10.0 Å².